The third kappa shape index (κ3) is 5.85. The van der Waals surface area contributed by atoms with Crippen LogP contribution in [0.15, 0.2) is 36.4 Å². The molecule has 10 nitrogen and oxygen atoms in total. The summed E-state index contributed by atoms with van der Waals surface area (Å²) in [4.78, 5) is 21.2. The first-order chi connectivity index (χ1) is 26.1. The van der Waals surface area contributed by atoms with E-state index in [2.05, 4.69) is 97.5 Å². The lowest BCUT2D eigenvalue weighted by Crippen LogP contribution is -2.70. The van der Waals surface area contributed by atoms with E-state index in [1.807, 2.05) is 11.7 Å². The Morgan fingerprint density at radius 3 is 2.48 bits per heavy atom. The number of ether oxygens (including phenoxy) is 3. The maximum absolute atomic E-state index is 15.5. The highest BCUT2D eigenvalue weighted by Crippen LogP contribution is 2.74. The fourth-order valence-corrected chi connectivity index (χ4v) is 13.0. The Kier molecular flexibility index (Phi) is 10.2. The molecule has 0 spiro atoms. The summed E-state index contributed by atoms with van der Waals surface area (Å²) in [6.07, 6.45) is 10.3. The van der Waals surface area contributed by atoms with Crippen LogP contribution in [0, 0.1) is 62.0 Å². The molecular formula is C45H68FN5O5. The van der Waals surface area contributed by atoms with Crippen molar-refractivity contribution in [2.24, 2.45) is 56.2 Å². The molecular weight excluding hydrogens is 710 g/mol. The molecule has 0 radical (unpaired) electrons. The van der Waals surface area contributed by atoms with Gasteiger partial charge >= 0.3 is 6.16 Å². The van der Waals surface area contributed by atoms with Crippen LogP contribution in [-0.4, -0.2) is 75.6 Å². The van der Waals surface area contributed by atoms with Crippen LogP contribution in [0.2, 0.25) is 0 Å². The molecule has 11 heteroatoms. The average Bonchev–Trinajstić information content (AvgIpc) is 3.62. The van der Waals surface area contributed by atoms with Crippen LogP contribution in [0.4, 0.5) is 9.18 Å². The molecule has 0 unspecified atom stereocenters. The molecule has 4 aliphatic carbocycles. The van der Waals surface area contributed by atoms with Crippen molar-refractivity contribution >= 4 is 6.16 Å². The lowest BCUT2D eigenvalue weighted by atomic mass is 9.35. The molecule has 3 heterocycles. The maximum atomic E-state index is 15.5. The maximum Gasteiger partial charge on any atom is 0.506 e. The summed E-state index contributed by atoms with van der Waals surface area (Å²) in [5.74, 6) is 1.20. The van der Waals surface area contributed by atoms with E-state index in [1.54, 1.807) is 12.3 Å². The van der Waals surface area contributed by atoms with E-state index in [4.69, 9.17) is 19.3 Å². The summed E-state index contributed by atoms with van der Waals surface area (Å²) < 4.78 is 37.7. The Labute approximate surface area is 334 Å². The molecule has 2 aromatic heterocycles. The van der Waals surface area contributed by atoms with Gasteiger partial charge in [0.05, 0.1) is 43.7 Å². The fourth-order valence-electron chi connectivity index (χ4n) is 13.0. The number of carboxylic acid groups (broad SMARTS) is 1. The molecule has 1 saturated heterocycles. The molecule has 2 bridgehead atoms. The molecule has 12 atom stereocenters. The normalized spacial score (nSPS) is 39.8. The summed E-state index contributed by atoms with van der Waals surface area (Å²) in [7, 11) is 2.00. The molecule has 3 saturated carbocycles. The van der Waals surface area contributed by atoms with Gasteiger partial charge in [-0.05, 0) is 93.1 Å². The predicted molar refractivity (Wildman–Crippen MR) is 214 cm³/mol. The van der Waals surface area contributed by atoms with E-state index in [0.717, 1.165) is 32.1 Å². The zero-order valence-corrected chi connectivity index (χ0v) is 36.0. The third-order valence-corrected chi connectivity index (χ3v) is 17.6. The number of fused-ring (bicyclic) bond motifs is 3. The molecule has 1 aliphatic heterocycles. The molecule has 310 valence electrons. The minimum absolute atomic E-state index is 0.101. The first kappa shape index (κ1) is 41.3. The lowest BCUT2D eigenvalue weighted by molar-refractivity contribution is -0.257. The number of halogens is 1. The van der Waals surface area contributed by atoms with E-state index < -0.39 is 28.9 Å². The summed E-state index contributed by atoms with van der Waals surface area (Å²) in [5.41, 5.74) is -0.242. The molecule has 2 N–H and O–H groups in total. The van der Waals surface area contributed by atoms with Crippen molar-refractivity contribution < 1.29 is 28.5 Å². The van der Waals surface area contributed by atoms with Gasteiger partial charge in [0.25, 0.3) is 0 Å². The molecule has 0 aromatic carbocycles. The number of nitrogens with zero attached hydrogens (tertiary/aromatic N) is 4. The second-order valence-electron chi connectivity index (χ2n) is 21.1. The van der Waals surface area contributed by atoms with Crippen molar-refractivity contribution in [1.29, 1.82) is 0 Å². The van der Waals surface area contributed by atoms with Crippen LogP contribution in [0.3, 0.4) is 0 Å². The number of hydrogen-bond acceptors (Lipinski definition) is 8. The highest BCUT2D eigenvalue weighted by atomic mass is 19.1. The van der Waals surface area contributed by atoms with Gasteiger partial charge in [0.15, 0.2) is 11.6 Å². The Morgan fingerprint density at radius 2 is 1.84 bits per heavy atom. The highest BCUT2D eigenvalue weighted by molar-refractivity contribution is 5.57. The molecule has 0 amide bonds. The van der Waals surface area contributed by atoms with Crippen molar-refractivity contribution in [3.8, 4) is 11.4 Å². The minimum Gasteiger partial charge on any atom is -0.450 e. The first-order valence-electron chi connectivity index (χ1n) is 21.1. The molecule has 56 heavy (non-hydrogen) atoms. The van der Waals surface area contributed by atoms with Gasteiger partial charge in [-0.1, -0.05) is 80.9 Å². The Hall–Kier alpha value is -2.89. The number of allylic oxidation sites excluding steroid dienone is 1. The van der Waals surface area contributed by atoms with Crippen molar-refractivity contribution in [2.45, 2.75) is 138 Å². The van der Waals surface area contributed by atoms with Crippen LogP contribution < -0.4 is 5.32 Å². The zero-order valence-electron chi connectivity index (χ0n) is 36.0. The Bertz CT molecular complexity index is 1840. The Morgan fingerprint density at radius 1 is 1.11 bits per heavy atom. The molecule has 4 fully saturated rings. The van der Waals surface area contributed by atoms with Gasteiger partial charge in [-0.2, -0.15) is 5.10 Å². The average molecular weight is 778 g/mol. The number of hydrogen-bond donors (Lipinski definition) is 2. The van der Waals surface area contributed by atoms with Crippen molar-refractivity contribution in [2.75, 3.05) is 26.9 Å². The van der Waals surface area contributed by atoms with E-state index in [1.165, 1.54) is 18.1 Å². The summed E-state index contributed by atoms with van der Waals surface area (Å²) in [5, 5.41) is 18.7. The number of aromatic nitrogens is 4. The summed E-state index contributed by atoms with van der Waals surface area (Å²) >= 11 is 0. The number of nitrogens with one attached hydrogen (secondary N) is 1. The molecule has 2 aromatic rings. The monoisotopic (exact) mass is 778 g/mol. The van der Waals surface area contributed by atoms with E-state index in [9.17, 15) is 9.90 Å². The lowest BCUT2D eigenvalue weighted by Gasteiger charge is -2.71. The fraction of sp³-hybridized carbons (Fsp3) is 0.778. The van der Waals surface area contributed by atoms with Crippen molar-refractivity contribution in [3.63, 3.8) is 0 Å². The second kappa shape index (κ2) is 13.9. The number of pyridine rings is 1. The van der Waals surface area contributed by atoms with Gasteiger partial charge in [0, 0.05) is 33.4 Å². The highest BCUT2D eigenvalue weighted by Gasteiger charge is 2.72. The zero-order chi connectivity index (χ0) is 40.9. The van der Waals surface area contributed by atoms with Crippen LogP contribution in [0.1, 0.15) is 121 Å². The van der Waals surface area contributed by atoms with Gasteiger partial charge in [-0.25, -0.2) is 18.9 Å². The van der Waals surface area contributed by atoms with Crippen molar-refractivity contribution in [3.05, 3.63) is 42.3 Å². The van der Waals surface area contributed by atoms with Crippen LogP contribution in [-0.2, 0) is 14.2 Å². The Balaban J connectivity index is 1.36. The van der Waals surface area contributed by atoms with E-state index >= 15 is 4.39 Å². The van der Waals surface area contributed by atoms with Crippen LogP contribution in [0.25, 0.3) is 11.4 Å². The predicted octanol–water partition coefficient (Wildman–Crippen LogP) is 9.38. The summed E-state index contributed by atoms with van der Waals surface area (Å²) in [6, 6.07) is 1.41. The third-order valence-electron chi connectivity index (χ3n) is 17.6. The van der Waals surface area contributed by atoms with Gasteiger partial charge in [0.1, 0.15) is 12.4 Å². The van der Waals surface area contributed by atoms with Crippen LogP contribution in [0.5, 0.6) is 0 Å². The minimum atomic E-state index is -1.19. The quantitative estimate of drug-likeness (QED) is 0.190. The molecule has 5 aliphatic rings. The number of likely N-dealkylation sites (N-methyl/N-ethyl adjacent to an activating group) is 1. The van der Waals surface area contributed by atoms with E-state index in [-0.39, 0.29) is 57.1 Å². The van der Waals surface area contributed by atoms with Gasteiger partial charge in [-0.3, -0.25) is 4.98 Å². The van der Waals surface area contributed by atoms with Crippen LogP contribution >= 0.6 is 0 Å². The number of rotatable bonds is 9. The summed E-state index contributed by atoms with van der Waals surface area (Å²) in [6.45, 7) is 26.7. The standard InChI is InChI=1S/C45H68FN5O5/c1-27(2)28(3)40(7)18-19-42(9)30-13-14-34-41(8)23-54-25-45(34,31(30)15-17-43(42,10)37(40)56-38(52)53)21-33(35(41)55-24-44(11,47-12)39(4,5)6)51-36(49-26-50-51)29-16-20-48-22-32(29)46/h15-16,20,22,26-28,30,33-35,37,47H,13-14,17-19,21,23-25H2,1-12H3,(H,52,53)/t28-,30+,33-,34+,35+,37-,40-,41-,42-,43-,44+,45+/m1/s1. The second-order valence-corrected chi connectivity index (χ2v) is 21.1. The number of carbonyl (C=O) groups is 1. The van der Waals surface area contributed by atoms with E-state index in [0.29, 0.717) is 43.5 Å². The molecule has 7 rings (SSSR count). The van der Waals surface area contributed by atoms with Crippen molar-refractivity contribution in [1.82, 2.24) is 25.1 Å². The van der Waals surface area contributed by atoms with Gasteiger partial charge in [-0.15, -0.1) is 0 Å². The van der Waals surface area contributed by atoms with Gasteiger partial charge < -0.3 is 24.6 Å². The SMILES string of the molecule is CN[C@@](C)(CO[C@H]1[C@H](n2ncnc2-c2ccncc2F)C[C@@]23COC[C@]1(C)[C@@H]2CC[C@H]1C3=CC[C@]2(C)[C@H](OC(=O)O)[C@@](C)([C@H](C)C(C)C)CC[C@]12C)C(C)(C)C. The first-order valence-corrected chi connectivity index (χ1v) is 21.1. The smallest absolute Gasteiger partial charge is 0.450 e. The van der Waals surface area contributed by atoms with Gasteiger partial charge in [0.2, 0.25) is 0 Å². The topological polar surface area (TPSA) is 121 Å². The largest absolute Gasteiger partial charge is 0.506 e.